The van der Waals surface area contributed by atoms with Crippen LogP contribution >= 0.6 is 0 Å². The zero-order valence-corrected chi connectivity index (χ0v) is 8.17. The SMILES string of the molecule is CCOc1ccc(C(=O)O)cc1/C=N\O. The predicted octanol–water partition coefficient (Wildman–Crippen LogP) is 1.59. The highest BCUT2D eigenvalue weighted by atomic mass is 16.5. The van der Waals surface area contributed by atoms with Crippen LogP contribution in [0.2, 0.25) is 0 Å². The predicted molar refractivity (Wildman–Crippen MR) is 54.0 cm³/mol. The normalized spacial score (nSPS) is 10.5. The highest BCUT2D eigenvalue weighted by Crippen LogP contribution is 2.18. The Balaban J connectivity index is 3.14. The van der Waals surface area contributed by atoms with Gasteiger partial charge >= 0.3 is 5.97 Å². The summed E-state index contributed by atoms with van der Waals surface area (Å²) in [6.07, 6.45) is 1.14. The number of carbonyl (C=O) groups is 1. The number of nitrogens with zero attached hydrogens (tertiary/aromatic N) is 1. The van der Waals surface area contributed by atoms with Gasteiger partial charge in [-0.25, -0.2) is 4.79 Å². The summed E-state index contributed by atoms with van der Waals surface area (Å²) in [5.41, 5.74) is 0.549. The van der Waals surface area contributed by atoms with Crippen LogP contribution in [-0.2, 0) is 0 Å². The minimum absolute atomic E-state index is 0.119. The fourth-order valence-electron chi connectivity index (χ4n) is 1.13. The summed E-state index contributed by atoms with van der Waals surface area (Å²) in [6.45, 7) is 2.27. The highest BCUT2D eigenvalue weighted by Gasteiger charge is 2.07. The summed E-state index contributed by atoms with van der Waals surface area (Å²) in [6, 6.07) is 4.35. The molecule has 2 N–H and O–H groups in total. The lowest BCUT2D eigenvalue weighted by atomic mass is 10.1. The van der Waals surface area contributed by atoms with Crippen molar-refractivity contribution in [2.75, 3.05) is 6.61 Å². The number of rotatable bonds is 4. The van der Waals surface area contributed by atoms with Crippen molar-refractivity contribution in [3.63, 3.8) is 0 Å². The molecule has 0 atom stereocenters. The molecule has 0 spiro atoms. The number of carboxylic acid groups (broad SMARTS) is 1. The maximum Gasteiger partial charge on any atom is 0.335 e. The molecule has 80 valence electrons. The van der Waals surface area contributed by atoms with Crippen LogP contribution in [0.25, 0.3) is 0 Å². The van der Waals surface area contributed by atoms with Crippen molar-refractivity contribution < 1.29 is 19.8 Å². The Morgan fingerprint density at radius 1 is 1.60 bits per heavy atom. The molecule has 1 rings (SSSR count). The summed E-state index contributed by atoms with van der Waals surface area (Å²) >= 11 is 0. The number of benzene rings is 1. The summed E-state index contributed by atoms with van der Waals surface area (Å²) in [4.78, 5) is 10.7. The zero-order valence-electron chi connectivity index (χ0n) is 8.17. The smallest absolute Gasteiger partial charge is 0.335 e. The molecule has 0 radical (unpaired) electrons. The van der Waals surface area contributed by atoms with Crippen molar-refractivity contribution in [1.82, 2.24) is 0 Å². The standard InChI is InChI=1S/C10H11NO4/c1-2-15-9-4-3-7(10(12)13)5-8(9)6-11-14/h3-6,14H,2H2,1H3,(H,12,13)/b11-6-. The van der Waals surface area contributed by atoms with Gasteiger partial charge in [0.05, 0.1) is 18.4 Å². The van der Waals surface area contributed by atoms with Crippen LogP contribution in [0.5, 0.6) is 5.75 Å². The van der Waals surface area contributed by atoms with E-state index in [1.165, 1.54) is 18.2 Å². The Bertz CT molecular complexity index is 387. The topological polar surface area (TPSA) is 79.1 Å². The molecule has 0 aliphatic carbocycles. The number of aromatic carboxylic acids is 1. The van der Waals surface area contributed by atoms with E-state index in [0.29, 0.717) is 17.9 Å². The molecule has 0 unspecified atom stereocenters. The lowest BCUT2D eigenvalue weighted by molar-refractivity contribution is 0.0697. The van der Waals surface area contributed by atoms with E-state index >= 15 is 0 Å². The van der Waals surface area contributed by atoms with Gasteiger partial charge in [0, 0.05) is 5.56 Å². The van der Waals surface area contributed by atoms with E-state index in [9.17, 15) is 4.79 Å². The number of oxime groups is 1. The number of hydrogen-bond donors (Lipinski definition) is 2. The third kappa shape index (κ3) is 2.70. The summed E-state index contributed by atoms with van der Waals surface area (Å²) in [5.74, 6) is -0.550. The molecule has 0 aliphatic rings. The van der Waals surface area contributed by atoms with Crippen molar-refractivity contribution in [2.45, 2.75) is 6.92 Å². The van der Waals surface area contributed by atoms with Crippen LogP contribution in [0.15, 0.2) is 23.4 Å². The minimum Gasteiger partial charge on any atom is -0.493 e. The summed E-state index contributed by atoms with van der Waals surface area (Å²) in [7, 11) is 0. The average molecular weight is 209 g/mol. The van der Waals surface area contributed by atoms with Crippen LogP contribution in [-0.4, -0.2) is 29.1 Å². The quantitative estimate of drug-likeness (QED) is 0.448. The van der Waals surface area contributed by atoms with E-state index in [-0.39, 0.29) is 5.56 Å². The third-order valence-electron chi connectivity index (χ3n) is 1.75. The maximum absolute atomic E-state index is 10.7. The molecule has 0 heterocycles. The van der Waals surface area contributed by atoms with E-state index in [1.807, 2.05) is 6.92 Å². The van der Waals surface area contributed by atoms with E-state index in [0.717, 1.165) is 6.21 Å². The lowest BCUT2D eigenvalue weighted by Crippen LogP contribution is -2.01. The first-order valence-electron chi connectivity index (χ1n) is 4.36. The third-order valence-corrected chi connectivity index (χ3v) is 1.75. The molecule has 15 heavy (non-hydrogen) atoms. The fraction of sp³-hybridized carbons (Fsp3) is 0.200. The average Bonchev–Trinajstić information content (AvgIpc) is 2.21. The number of hydrogen-bond acceptors (Lipinski definition) is 4. The van der Waals surface area contributed by atoms with Crippen molar-refractivity contribution in [1.29, 1.82) is 0 Å². The molecule has 1 aromatic carbocycles. The van der Waals surface area contributed by atoms with Crippen LogP contribution in [0.3, 0.4) is 0 Å². The van der Waals surface area contributed by atoms with E-state index < -0.39 is 5.97 Å². The second kappa shape index (κ2) is 4.99. The molecule has 0 aromatic heterocycles. The van der Waals surface area contributed by atoms with Crippen LogP contribution in [0.1, 0.15) is 22.8 Å². The Morgan fingerprint density at radius 3 is 2.87 bits per heavy atom. The molecule has 1 aromatic rings. The number of ether oxygens (including phenoxy) is 1. The molecule has 0 saturated heterocycles. The van der Waals surface area contributed by atoms with Gasteiger partial charge < -0.3 is 15.1 Å². The van der Waals surface area contributed by atoms with Crippen LogP contribution < -0.4 is 4.74 Å². The fourth-order valence-corrected chi connectivity index (χ4v) is 1.13. The second-order valence-electron chi connectivity index (χ2n) is 2.74. The summed E-state index contributed by atoms with van der Waals surface area (Å²) < 4.78 is 5.23. The first-order valence-corrected chi connectivity index (χ1v) is 4.36. The van der Waals surface area contributed by atoms with Gasteiger partial charge in [0.25, 0.3) is 0 Å². The van der Waals surface area contributed by atoms with Gasteiger partial charge in [0.2, 0.25) is 0 Å². The van der Waals surface area contributed by atoms with Gasteiger partial charge in [-0.2, -0.15) is 0 Å². The van der Waals surface area contributed by atoms with Gasteiger partial charge in [-0.3, -0.25) is 0 Å². The Morgan fingerprint density at radius 2 is 2.33 bits per heavy atom. The summed E-state index contributed by atoms with van der Waals surface area (Å²) in [5, 5.41) is 20.0. The maximum atomic E-state index is 10.7. The molecule has 0 saturated carbocycles. The van der Waals surface area contributed by atoms with Gasteiger partial charge in [-0.1, -0.05) is 5.16 Å². The first kappa shape index (κ1) is 11.0. The minimum atomic E-state index is -1.04. The number of carboxylic acids is 1. The molecule has 0 bridgehead atoms. The highest BCUT2D eigenvalue weighted by molar-refractivity contribution is 5.92. The van der Waals surface area contributed by atoms with Gasteiger partial charge in [-0.15, -0.1) is 0 Å². The molecule has 5 heteroatoms. The molecule has 0 fully saturated rings. The molecular weight excluding hydrogens is 198 g/mol. The van der Waals surface area contributed by atoms with Gasteiger partial charge in [0.15, 0.2) is 0 Å². The monoisotopic (exact) mass is 209 g/mol. The largest absolute Gasteiger partial charge is 0.493 e. The molecule has 0 aliphatic heterocycles. The Hall–Kier alpha value is -2.04. The van der Waals surface area contributed by atoms with Crippen molar-refractivity contribution in [3.05, 3.63) is 29.3 Å². The van der Waals surface area contributed by atoms with Crippen molar-refractivity contribution >= 4 is 12.2 Å². The first-order chi connectivity index (χ1) is 7.19. The second-order valence-corrected chi connectivity index (χ2v) is 2.74. The van der Waals surface area contributed by atoms with E-state index in [4.69, 9.17) is 15.1 Å². The molecular formula is C10H11NO4. The molecule has 0 amide bonds. The van der Waals surface area contributed by atoms with E-state index in [2.05, 4.69) is 5.16 Å². The zero-order chi connectivity index (χ0) is 11.3. The Kier molecular flexibility index (Phi) is 3.68. The van der Waals surface area contributed by atoms with Crippen LogP contribution in [0, 0.1) is 0 Å². The Labute approximate surface area is 86.6 Å². The van der Waals surface area contributed by atoms with Gasteiger partial charge in [0.1, 0.15) is 5.75 Å². The van der Waals surface area contributed by atoms with Gasteiger partial charge in [-0.05, 0) is 25.1 Å². The molecule has 5 nitrogen and oxygen atoms in total. The van der Waals surface area contributed by atoms with Crippen molar-refractivity contribution in [3.8, 4) is 5.75 Å². The van der Waals surface area contributed by atoms with Crippen molar-refractivity contribution in [2.24, 2.45) is 5.16 Å². The lowest BCUT2D eigenvalue weighted by Gasteiger charge is -2.06. The van der Waals surface area contributed by atoms with E-state index in [1.54, 1.807) is 0 Å². The van der Waals surface area contributed by atoms with Crippen LogP contribution in [0.4, 0.5) is 0 Å².